The van der Waals surface area contributed by atoms with Gasteiger partial charge in [0.15, 0.2) is 0 Å². The number of benzene rings is 1. The number of hydrogen-bond acceptors (Lipinski definition) is 3. The fourth-order valence-electron chi connectivity index (χ4n) is 4.13. The molecule has 3 rings (SSSR count). The average molecular weight is 517 g/mol. The van der Waals surface area contributed by atoms with Gasteiger partial charge in [-0.05, 0) is 55.1 Å². The molecule has 1 amide bonds. The number of aliphatic hydroxyl groups excluding tert-OH is 1. The van der Waals surface area contributed by atoms with Gasteiger partial charge in [-0.3, -0.25) is 4.79 Å². The lowest BCUT2D eigenvalue weighted by Gasteiger charge is -2.34. The first-order chi connectivity index (χ1) is 17.1. The van der Waals surface area contributed by atoms with Crippen molar-refractivity contribution in [3.8, 4) is 0 Å². The highest BCUT2D eigenvalue weighted by Crippen LogP contribution is 2.31. The zero-order valence-electron chi connectivity index (χ0n) is 20.3. The highest BCUT2D eigenvalue weighted by molar-refractivity contribution is 7.42. The Morgan fingerprint density at radius 2 is 2.03 bits per heavy atom. The van der Waals surface area contributed by atoms with Gasteiger partial charge in [-0.25, -0.2) is 0 Å². The first-order valence-corrected chi connectivity index (χ1v) is 13.0. The van der Waals surface area contributed by atoms with E-state index in [0.29, 0.717) is 23.6 Å². The summed E-state index contributed by atoms with van der Waals surface area (Å²) in [6, 6.07) is 5.84. The van der Waals surface area contributed by atoms with Gasteiger partial charge in [0.1, 0.15) is 0 Å². The van der Waals surface area contributed by atoms with E-state index < -0.39 is 17.6 Å². The van der Waals surface area contributed by atoms with Crippen LogP contribution in [0.25, 0.3) is 5.70 Å². The number of hydrogen-bond donors (Lipinski definition) is 2. The van der Waals surface area contributed by atoms with Crippen molar-refractivity contribution in [2.75, 3.05) is 18.4 Å². The third kappa shape index (κ3) is 7.55. The molecule has 192 valence electrons. The molecule has 2 unspecified atom stereocenters. The van der Waals surface area contributed by atoms with E-state index in [9.17, 15) is 23.1 Å². The van der Waals surface area contributed by atoms with Crippen LogP contribution in [0.1, 0.15) is 30.4 Å². The van der Waals surface area contributed by atoms with Crippen molar-refractivity contribution in [1.82, 2.24) is 4.90 Å². The number of rotatable bonds is 8. The summed E-state index contributed by atoms with van der Waals surface area (Å²) in [5.41, 5.74) is 3.23. The van der Waals surface area contributed by atoms with Crippen LogP contribution in [-0.2, 0) is 4.79 Å². The molecule has 2 aliphatic heterocycles. The zero-order valence-corrected chi connectivity index (χ0v) is 21.3. The topological polar surface area (TPSA) is 52.6 Å². The highest BCUT2D eigenvalue weighted by atomic mass is 31.1. The molecule has 2 atom stereocenters. The second kappa shape index (κ2) is 12.4. The predicted molar refractivity (Wildman–Crippen MR) is 143 cm³/mol. The molecule has 0 radical (unpaired) electrons. The number of alkyl halides is 3. The van der Waals surface area contributed by atoms with Gasteiger partial charge in [0.25, 0.3) is 5.91 Å². The summed E-state index contributed by atoms with van der Waals surface area (Å²) in [6.45, 7) is 11.1. The van der Waals surface area contributed by atoms with Crippen LogP contribution in [0.5, 0.6) is 0 Å². The molecule has 36 heavy (non-hydrogen) atoms. The summed E-state index contributed by atoms with van der Waals surface area (Å²) in [7, 11) is 0.160. The number of nitrogens with one attached hydrogen (secondary N) is 1. The van der Waals surface area contributed by atoms with Crippen molar-refractivity contribution in [1.29, 1.82) is 0 Å². The van der Waals surface area contributed by atoms with Crippen LogP contribution < -0.4 is 5.32 Å². The molecular weight excluding hydrogens is 484 g/mol. The summed E-state index contributed by atoms with van der Waals surface area (Å²) < 4.78 is 39.0. The van der Waals surface area contributed by atoms with Crippen molar-refractivity contribution in [2.45, 2.75) is 38.2 Å². The van der Waals surface area contributed by atoms with Crippen LogP contribution in [0.15, 0.2) is 84.8 Å². The molecule has 8 heteroatoms. The number of halogens is 3. The lowest BCUT2D eigenvalue weighted by Crippen LogP contribution is -2.32. The van der Waals surface area contributed by atoms with Gasteiger partial charge in [-0.2, -0.15) is 13.2 Å². The maximum absolute atomic E-state index is 13.0. The van der Waals surface area contributed by atoms with Crippen LogP contribution in [0.3, 0.4) is 0 Å². The van der Waals surface area contributed by atoms with Gasteiger partial charge in [0, 0.05) is 30.0 Å². The Labute approximate surface area is 212 Å². The number of carbonyl (C=O) groups is 1. The first-order valence-electron chi connectivity index (χ1n) is 11.8. The molecular formula is C28H32F3N2O2P. The average Bonchev–Trinajstić information content (AvgIpc) is 2.84. The van der Waals surface area contributed by atoms with E-state index in [4.69, 9.17) is 0 Å². The maximum atomic E-state index is 13.0. The number of anilines is 1. The lowest BCUT2D eigenvalue weighted by molar-refractivity contribution is -0.112. The summed E-state index contributed by atoms with van der Waals surface area (Å²) >= 11 is 0. The minimum Gasteiger partial charge on any atom is -0.384 e. The van der Waals surface area contributed by atoms with Crippen molar-refractivity contribution in [3.05, 3.63) is 95.9 Å². The Bertz CT molecular complexity index is 1110. The van der Waals surface area contributed by atoms with E-state index in [1.54, 1.807) is 24.0 Å². The van der Waals surface area contributed by atoms with Crippen LogP contribution in [0.4, 0.5) is 18.9 Å². The number of aryl methyl sites for hydroxylation is 1. The Balaban J connectivity index is 1.57. The SMILES string of the molecule is C=C/C=C(\C=C/CC1CCN(C(=C)c2ccc(C)c(NC(=O)C3=CPC(O)C=C3)c2)CC1)C(F)(F)F. The number of amides is 1. The summed E-state index contributed by atoms with van der Waals surface area (Å²) in [6.07, 6.45) is 6.04. The highest BCUT2D eigenvalue weighted by Gasteiger charge is 2.31. The minimum atomic E-state index is -4.38. The van der Waals surface area contributed by atoms with Crippen molar-refractivity contribution < 1.29 is 23.1 Å². The maximum Gasteiger partial charge on any atom is 0.416 e. The molecule has 1 aromatic rings. The third-order valence-electron chi connectivity index (χ3n) is 6.34. The van der Waals surface area contributed by atoms with Gasteiger partial charge < -0.3 is 15.3 Å². The van der Waals surface area contributed by atoms with Crippen LogP contribution >= 0.6 is 8.58 Å². The summed E-state index contributed by atoms with van der Waals surface area (Å²) in [5.74, 6) is 1.31. The van der Waals surface area contributed by atoms with E-state index in [1.165, 1.54) is 0 Å². The number of carbonyl (C=O) groups excluding carboxylic acids is 1. The molecule has 0 aromatic heterocycles. The Hall–Kier alpha value is -2.89. The van der Waals surface area contributed by atoms with Crippen LogP contribution in [0.2, 0.25) is 0 Å². The minimum absolute atomic E-state index is 0.160. The van der Waals surface area contributed by atoms with Crippen molar-refractivity contribution in [3.63, 3.8) is 0 Å². The van der Waals surface area contributed by atoms with E-state index in [1.807, 2.05) is 25.1 Å². The number of likely N-dealkylation sites (tertiary alicyclic amines) is 1. The monoisotopic (exact) mass is 516 g/mol. The molecule has 0 bridgehead atoms. The molecule has 1 saturated heterocycles. The largest absolute Gasteiger partial charge is 0.416 e. The second-order valence-corrected chi connectivity index (χ2v) is 10.1. The molecule has 2 aliphatic rings. The molecule has 1 aromatic carbocycles. The molecule has 2 N–H and O–H groups in total. The second-order valence-electron chi connectivity index (χ2n) is 8.92. The quantitative estimate of drug-likeness (QED) is 0.299. The smallest absolute Gasteiger partial charge is 0.384 e. The van der Waals surface area contributed by atoms with E-state index in [-0.39, 0.29) is 14.5 Å². The number of nitrogens with zero attached hydrogens (tertiary/aromatic N) is 1. The summed E-state index contributed by atoms with van der Waals surface area (Å²) in [4.78, 5) is 14.8. The molecule has 0 spiro atoms. The normalized spacial score (nSPS) is 20.0. The fourth-order valence-corrected chi connectivity index (χ4v) is 4.91. The lowest BCUT2D eigenvalue weighted by atomic mass is 9.92. The molecule has 1 fully saturated rings. The summed E-state index contributed by atoms with van der Waals surface area (Å²) in [5, 5.41) is 12.5. The van der Waals surface area contributed by atoms with E-state index in [0.717, 1.165) is 61.0 Å². The zero-order chi connectivity index (χ0) is 26.3. The molecule has 4 nitrogen and oxygen atoms in total. The third-order valence-corrected chi connectivity index (χ3v) is 7.35. The Morgan fingerprint density at radius 3 is 2.64 bits per heavy atom. The van der Waals surface area contributed by atoms with Gasteiger partial charge in [-0.1, -0.05) is 70.3 Å². The van der Waals surface area contributed by atoms with E-state index >= 15 is 0 Å². The molecule has 2 heterocycles. The predicted octanol–water partition coefficient (Wildman–Crippen LogP) is 6.69. The van der Waals surface area contributed by atoms with Gasteiger partial charge in [0.05, 0.1) is 11.4 Å². The fraction of sp³-hybridized carbons (Fsp3) is 0.321. The van der Waals surface area contributed by atoms with Gasteiger partial charge in [-0.15, -0.1) is 0 Å². The van der Waals surface area contributed by atoms with E-state index in [2.05, 4.69) is 23.4 Å². The number of piperidine rings is 1. The first kappa shape index (κ1) is 27.7. The van der Waals surface area contributed by atoms with Gasteiger partial charge >= 0.3 is 6.18 Å². The van der Waals surface area contributed by atoms with Gasteiger partial charge in [0.2, 0.25) is 0 Å². The number of aliphatic hydroxyl groups is 1. The molecule has 0 saturated carbocycles. The van der Waals surface area contributed by atoms with Crippen molar-refractivity contribution in [2.24, 2.45) is 5.92 Å². The molecule has 0 aliphatic carbocycles. The Morgan fingerprint density at radius 1 is 1.31 bits per heavy atom. The number of allylic oxidation sites excluding steroid dienone is 5. The Kier molecular flexibility index (Phi) is 9.52. The van der Waals surface area contributed by atoms with Crippen molar-refractivity contribution >= 4 is 25.9 Å². The van der Waals surface area contributed by atoms with Crippen LogP contribution in [0, 0.1) is 12.8 Å². The standard InChI is InChI=1S/C28H32F3N2O2P/c1-4-6-24(28(29,30)31)8-5-7-21-13-15-33(16-14-21)20(3)22-10-9-19(2)25(17-22)32-27(35)23-11-12-26(34)36-18-23/h4-6,8-12,17-18,21,26,34,36H,1,3,7,13-16H2,2H3,(H,32,35)/b8-5-,24-6+. The van der Waals surface area contributed by atoms with Crippen LogP contribution in [-0.4, -0.2) is 41.0 Å².